The topological polar surface area (TPSA) is 121 Å². The molecule has 2 fully saturated rings. The van der Waals surface area contributed by atoms with Gasteiger partial charge < -0.3 is 24.2 Å². The van der Waals surface area contributed by atoms with E-state index in [4.69, 9.17) is 8.83 Å². The molecule has 2 aliphatic rings. The number of rotatable bonds is 6. The van der Waals surface area contributed by atoms with Crippen molar-refractivity contribution in [2.45, 2.75) is 17.8 Å². The minimum atomic E-state index is -4.49. The second-order valence-corrected chi connectivity index (χ2v) is 11.0. The maximum Gasteiger partial charge on any atom is 0.416 e. The average Bonchev–Trinajstić information content (AvgIpc) is 3.68. The van der Waals surface area contributed by atoms with Crippen LogP contribution < -0.4 is 5.32 Å². The molecule has 4 heterocycles. The number of fused-ring (bicyclic) bond motifs is 1. The van der Waals surface area contributed by atoms with Gasteiger partial charge in [0.1, 0.15) is 11.6 Å². The quantitative estimate of drug-likeness (QED) is 0.293. The molecule has 0 radical (unpaired) electrons. The third kappa shape index (κ3) is 5.23. The summed E-state index contributed by atoms with van der Waals surface area (Å²) in [5.74, 6) is 0.504. The predicted octanol–water partition coefficient (Wildman–Crippen LogP) is 4.23. The van der Waals surface area contributed by atoms with Crippen LogP contribution in [0.3, 0.4) is 0 Å². The summed E-state index contributed by atoms with van der Waals surface area (Å²) in [7, 11) is 0. The number of benzene rings is 3. The van der Waals surface area contributed by atoms with E-state index in [2.05, 4.69) is 25.4 Å². The number of carbonyl (C=O) groups is 1. The van der Waals surface area contributed by atoms with Crippen molar-refractivity contribution in [3.63, 3.8) is 0 Å². The average molecular weight is 605 g/mol. The number of nitrogens with zero attached hydrogens (tertiary/aromatic N) is 5. The minimum absolute atomic E-state index is 0.0857. The minimum Gasteiger partial charge on any atom is -0.436 e. The Hall–Kier alpha value is -4.59. The van der Waals surface area contributed by atoms with E-state index in [1.807, 2.05) is 30.3 Å². The van der Waals surface area contributed by atoms with Gasteiger partial charge in [0, 0.05) is 50.4 Å². The molecule has 2 N–H and O–H groups in total. The van der Waals surface area contributed by atoms with Gasteiger partial charge in [-0.05, 0) is 42.0 Å². The third-order valence-corrected chi connectivity index (χ3v) is 8.06. The van der Waals surface area contributed by atoms with E-state index in [9.17, 15) is 23.1 Å². The summed E-state index contributed by atoms with van der Waals surface area (Å²) >= 11 is 0. The summed E-state index contributed by atoms with van der Waals surface area (Å²) in [6.45, 7) is 2.62. The molecular weight excluding hydrogens is 577 g/mol. The molecule has 2 saturated heterocycles. The number of nitrogens with one attached hydrogen (secondary N) is 1. The van der Waals surface area contributed by atoms with E-state index in [-0.39, 0.29) is 34.8 Å². The van der Waals surface area contributed by atoms with E-state index in [0.29, 0.717) is 56.3 Å². The van der Waals surface area contributed by atoms with Gasteiger partial charge in [-0.3, -0.25) is 9.69 Å². The molecule has 7 rings (SSSR count). The van der Waals surface area contributed by atoms with Crippen LogP contribution in [0.2, 0.25) is 0 Å². The Morgan fingerprint density at radius 1 is 0.932 bits per heavy atom. The molecule has 0 bridgehead atoms. The Kier molecular flexibility index (Phi) is 6.95. The van der Waals surface area contributed by atoms with Crippen molar-refractivity contribution in [3.8, 4) is 11.5 Å². The zero-order valence-corrected chi connectivity index (χ0v) is 23.3. The van der Waals surface area contributed by atoms with Crippen molar-refractivity contribution in [1.29, 1.82) is 0 Å². The molecule has 1 amide bonds. The van der Waals surface area contributed by atoms with Crippen LogP contribution in [-0.4, -0.2) is 75.3 Å². The summed E-state index contributed by atoms with van der Waals surface area (Å²) in [5.41, 5.74) is 0.181. The van der Waals surface area contributed by atoms with Crippen LogP contribution >= 0.6 is 0 Å². The van der Waals surface area contributed by atoms with Gasteiger partial charge in [0.25, 0.3) is 11.8 Å². The van der Waals surface area contributed by atoms with Gasteiger partial charge >= 0.3 is 6.18 Å². The van der Waals surface area contributed by atoms with Gasteiger partial charge in [-0.25, -0.2) is 4.98 Å². The molecule has 1 unspecified atom stereocenters. The maximum atomic E-state index is 13.5. The highest BCUT2D eigenvalue weighted by molar-refractivity contribution is 5.95. The molecule has 10 nitrogen and oxygen atoms in total. The molecule has 0 spiro atoms. The summed E-state index contributed by atoms with van der Waals surface area (Å²) < 4.78 is 51.1. The predicted molar refractivity (Wildman–Crippen MR) is 151 cm³/mol. The number of hydrogen-bond donors (Lipinski definition) is 2. The summed E-state index contributed by atoms with van der Waals surface area (Å²) in [4.78, 5) is 21.7. The third-order valence-electron chi connectivity index (χ3n) is 8.06. The standard InChI is InChI=1S/C31H27F3N6O4/c32-31(33,34)22-9-10-24-23(16-22)36-26(43-24)20-7-4-8-21(15-20)28(41)40-13-11-39(12-14-40)25(19-5-2-1-3-6-19)27-37-38-29(44-27)30(42)17-35-18-30/h1-10,15-16,25,35,42H,11-14,17-18H2. The van der Waals surface area contributed by atoms with Crippen LogP contribution in [0, 0.1) is 0 Å². The zero-order valence-electron chi connectivity index (χ0n) is 23.3. The number of oxazole rings is 1. The molecule has 0 aliphatic carbocycles. The normalized spacial score (nSPS) is 17.9. The number of hydrogen-bond acceptors (Lipinski definition) is 9. The molecule has 5 aromatic rings. The van der Waals surface area contributed by atoms with Crippen molar-refractivity contribution in [2.75, 3.05) is 39.3 Å². The fourth-order valence-electron chi connectivity index (χ4n) is 5.57. The lowest BCUT2D eigenvalue weighted by molar-refractivity contribution is -0.137. The molecule has 226 valence electrons. The molecular formula is C31H27F3N6O4. The zero-order chi connectivity index (χ0) is 30.5. The van der Waals surface area contributed by atoms with Crippen molar-refractivity contribution < 1.29 is 31.9 Å². The molecule has 2 aliphatic heterocycles. The fourth-order valence-corrected chi connectivity index (χ4v) is 5.57. The SMILES string of the molecule is O=C(c1cccc(-c2nc3cc(C(F)(F)F)ccc3o2)c1)N1CCN(C(c2ccccc2)c2nnc(C3(O)CNC3)o2)CC1. The Labute approximate surface area is 249 Å². The number of carbonyl (C=O) groups excluding carboxylic acids is 1. The largest absolute Gasteiger partial charge is 0.436 e. The first-order valence-corrected chi connectivity index (χ1v) is 14.1. The van der Waals surface area contributed by atoms with Crippen molar-refractivity contribution >= 4 is 17.0 Å². The lowest BCUT2D eigenvalue weighted by atomic mass is 9.98. The van der Waals surface area contributed by atoms with Crippen molar-refractivity contribution in [1.82, 2.24) is 30.3 Å². The number of β-amino-alcohol motifs (C(OH)–C–C–N with tert-alkyl or cyclic N) is 1. The summed E-state index contributed by atoms with van der Waals surface area (Å²) in [6.07, 6.45) is -4.49. The lowest BCUT2D eigenvalue weighted by Crippen LogP contribution is -2.57. The van der Waals surface area contributed by atoms with Crippen LogP contribution in [0.1, 0.15) is 39.3 Å². The highest BCUT2D eigenvalue weighted by atomic mass is 19.4. The molecule has 3 aromatic carbocycles. The number of halogens is 3. The molecule has 1 atom stereocenters. The second-order valence-electron chi connectivity index (χ2n) is 11.0. The number of aliphatic hydroxyl groups is 1. The number of aromatic nitrogens is 3. The maximum absolute atomic E-state index is 13.5. The number of alkyl halides is 3. The molecule has 13 heteroatoms. The van der Waals surface area contributed by atoms with E-state index in [1.165, 1.54) is 6.07 Å². The van der Waals surface area contributed by atoms with E-state index >= 15 is 0 Å². The molecule has 44 heavy (non-hydrogen) atoms. The smallest absolute Gasteiger partial charge is 0.416 e. The van der Waals surface area contributed by atoms with Gasteiger partial charge in [0.15, 0.2) is 11.2 Å². The first kappa shape index (κ1) is 28.2. The highest BCUT2D eigenvalue weighted by Crippen LogP contribution is 2.34. The number of amides is 1. The van der Waals surface area contributed by atoms with Gasteiger partial charge in [0.05, 0.1) is 5.56 Å². The van der Waals surface area contributed by atoms with E-state index in [1.54, 1.807) is 29.2 Å². The Balaban J connectivity index is 1.08. The first-order valence-electron chi connectivity index (χ1n) is 14.1. The fraction of sp³-hybridized carbons (Fsp3) is 0.290. The van der Waals surface area contributed by atoms with Crippen LogP contribution in [0.15, 0.2) is 81.6 Å². The Morgan fingerprint density at radius 2 is 1.70 bits per heavy atom. The molecule has 2 aromatic heterocycles. The van der Waals surface area contributed by atoms with Gasteiger partial charge in [-0.2, -0.15) is 13.2 Å². The molecule has 0 saturated carbocycles. The van der Waals surface area contributed by atoms with Crippen LogP contribution in [0.5, 0.6) is 0 Å². The monoisotopic (exact) mass is 604 g/mol. The summed E-state index contributed by atoms with van der Waals surface area (Å²) in [6, 6.07) is 19.2. The van der Waals surface area contributed by atoms with Crippen LogP contribution in [-0.2, 0) is 11.8 Å². The van der Waals surface area contributed by atoms with Crippen molar-refractivity contribution in [2.24, 2.45) is 0 Å². The van der Waals surface area contributed by atoms with Crippen LogP contribution in [0.25, 0.3) is 22.6 Å². The Morgan fingerprint density at radius 3 is 2.41 bits per heavy atom. The second kappa shape index (κ2) is 10.8. The summed E-state index contributed by atoms with van der Waals surface area (Å²) in [5, 5.41) is 22.1. The lowest BCUT2D eigenvalue weighted by Gasteiger charge is -2.38. The van der Waals surface area contributed by atoms with Gasteiger partial charge in [-0.1, -0.05) is 36.4 Å². The van der Waals surface area contributed by atoms with E-state index < -0.39 is 17.3 Å². The van der Waals surface area contributed by atoms with Gasteiger partial charge in [-0.15, -0.1) is 10.2 Å². The van der Waals surface area contributed by atoms with E-state index in [0.717, 1.165) is 17.7 Å². The highest BCUT2D eigenvalue weighted by Gasteiger charge is 2.43. The van der Waals surface area contributed by atoms with Crippen molar-refractivity contribution in [3.05, 3.63) is 101 Å². The van der Waals surface area contributed by atoms with Gasteiger partial charge in [0.2, 0.25) is 11.8 Å². The van der Waals surface area contributed by atoms with Crippen LogP contribution in [0.4, 0.5) is 13.2 Å². The Bertz CT molecular complexity index is 1810. The first-order chi connectivity index (χ1) is 21.2. The number of piperazine rings is 1.